The maximum Gasteiger partial charge on any atom is 0.0701 e. The first kappa shape index (κ1) is 16.9. The lowest BCUT2D eigenvalue weighted by Gasteiger charge is -2.20. The molecule has 1 unspecified atom stereocenters. The zero-order chi connectivity index (χ0) is 14.5. The van der Waals surface area contributed by atoms with Crippen LogP contribution in [0.5, 0.6) is 0 Å². The Hall–Kier alpha value is 0.570. The van der Waals surface area contributed by atoms with Crippen molar-refractivity contribution in [3.8, 4) is 0 Å². The van der Waals surface area contributed by atoms with Gasteiger partial charge in [-0.2, -0.15) is 0 Å². The summed E-state index contributed by atoms with van der Waals surface area (Å²) in [4.78, 5) is 1.40. The van der Waals surface area contributed by atoms with Crippen LogP contribution < -0.4 is 5.32 Å². The molecule has 0 spiro atoms. The molecule has 1 atom stereocenters. The lowest BCUT2D eigenvalue weighted by Crippen LogP contribution is -2.24. The summed E-state index contributed by atoms with van der Waals surface area (Å²) < 4.78 is 3.66. The van der Waals surface area contributed by atoms with E-state index in [0.29, 0.717) is 6.04 Å². The van der Waals surface area contributed by atoms with Crippen LogP contribution in [0.1, 0.15) is 29.8 Å². The highest BCUT2D eigenvalue weighted by atomic mass is 127. The zero-order valence-corrected chi connectivity index (χ0v) is 17.3. The molecule has 1 nitrogen and oxygen atoms in total. The highest BCUT2D eigenvalue weighted by molar-refractivity contribution is 14.1. The molecular weight excluding hydrogens is 513 g/mol. The van der Waals surface area contributed by atoms with E-state index in [2.05, 4.69) is 97.0 Å². The zero-order valence-electron chi connectivity index (χ0n) is 11.1. The molecule has 0 aliphatic rings. The molecule has 0 saturated heterocycles. The van der Waals surface area contributed by atoms with Crippen LogP contribution in [0.15, 0.2) is 38.6 Å². The van der Waals surface area contributed by atoms with Crippen molar-refractivity contribution >= 4 is 65.8 Å². The summed E-state index contributed by atoms with van der Waals surface area (Å²) in [6, 6.07) is 11.2. The molecule has 1 aromatic carbocycles. The number of halogens is 3. The molecule has 5 heteroatoms. The Kier molecular flexibility index (Phi) is 7.00. The van der Waals surface area contributed by atoms with Gasteiger partial charge >= 0.3 is 0 Å². The van der Waals surface area contributed by atoms with Gasteiger partial charge in [0.2, 0.25) is 0 Å². The Labute approximate surface area is 155 Å². The maximum absolute atomic E-state index is 3.68. The Morgan fingerprint density at radius 3 is 2.70 bits per heavy atom. The Morgan fingerprint density at radius 1 is 1.25 bits per heavy atom. The lowest BCUT2D eigenvalue weighted by molar-refractivity contribution is 0.530. The van der Waals surface area contributed by atoms with Crippen molar-refractivity contribution in [3.05, 3.63) is 52.6 Å². The Morgan fingerprint density at radius 2 is 2.05 bits per heavy atom. The van der Waals surface area contributed by atoms with Gasteiger partial charge in [0.25, 0.3) is 0 Å². The average molecular weight is 529 g/mol. The second kappa shape index (κ2) is 8.27. The molecule has 0 aliphatic heterocycles. The largest absolute Gasteiger partial charge is 0.310 e. The third kappa shape index (κ3) is 4.80. The molecule has 1 N–H and O–H groups in total. The van der Waals surface area contributed by atoms with Gasteiger partial charge < -0.3 is 5.32 Å². The van der Waals surface area contributed by atoms with E-state index in [9.17, 15) is 0 Å². The SMILES string of the molecule is CCCNC(Cc1ccc(Br)s1)c1cc(Br)ccc1I. The van der Waals surface area contributed by atoms with Crippen molar-refractivity contribution < 1.29 is 0 Å². The number of hydrogen-bond acceptors (Lipinski definition) is 2. The average Bonchev–Trinajstić information content (AvgIpc) is 2.83. The molecule has 0 saturated carbocycles. The van der Waals surface area contributed by atoms with E-state index >= 15 is 0 Å². The monoisotopic (exact) mass is 527 g/mol. The number of hydrogen-bond donors (Lipinski definition) is 1. The van der Waals surface area contributed by atoms with Gasteiger partial charge in [0, 0.05) is 25.4 Å². The first-order valence-electron chi connectivity index (χ1n) is 6.52. The van der Waals surface area contributed by atoms with Crippen LogP contribution in [-0.4, -0.2) is 6.54 Å². The second-order valence-corrected chi connectivity index (χ2v) is 9.21. The third-order valence-corrected chi connectivity index (χ3v) is 6.13. The summed E-state index contributed by atoms with van der Waals surface area (Å²) in [7, 11) is 0. The van der Waals surface area contributed by atoms with Gasteiger partial charge in [-0.25, -0.2) is 0 Å². The molecule has 0 aliphatic carbocycles. The van der Waals surface area contributed by atoms with E-state index in [1.54, 1.807) is 0 Å². The smallest absolute Gasteiger partial charge is 0.0701 e. The van der Waals surface area contributed by atoms with Crippen molar-refractivity contribution in [2.45, 2.75) is 25.8 Å². The summed E-state index contributed by atoms with van der Waals surface area (Å²) in [6.07, 6.45) is 2.18. The Balaban J connectivity index is 2.24. The van der Waals surface area contributed by atoms with Crippen molar-refractivity contribution in [3.63, 3.8) is 0 Å². The molecule has 0 bridgehead atoms. The number of rotatable bonds is 6. The maximum atomic E-state index is 3.68. The first-order chi connectivity index (χ1) is 9.60. The minimum atomic E-state index is 0.366. The normalized spacial score (nSPS) is 12.6. The van der Waals surface area contributed by atoms with Gasteiger partial charge in [-0.05, 0) is 87.4 Å². The molecular formula is C15H16Br2INS. The van der Waals surface area contributed by atoms with Crippen LogP contribution in [0.2, 0.25) is 0 Å². The van der Waals surface area contributed by atoms with Crippen LogP contribution >= 0.6 is 65.8 Å². The third-order valence-electron chi connectivity index (χ3n) is 3.01. The lowest BCUT2D eigenvalue weighted by atomic mass is 10.0. The van der Waals surface area contributed by atoms with E-state index in [1.165, 1.54) is 17.8 Å². The number of benzene rings is 1. The van der Waals surface area contributed by atoms with E-state index in [-0.39, 0.29) is 0 Å². The van der Waals surface area contributed by atoms with Crippen LogP contribution in [-0.2, 0) is 6.42 Å². The van der Waals surface area contributed by atoms with Crippen LogP contribution in [0.4, 0.5) is 0 Å². The highest BCUT2D eigenvalue weighted by Gasteiger charge is 2.16. The fourth-order valence-electron chi connectivity index (χ4n) is 2.05. The van der Waals surface area contributed by atoms with Crippen LogP contribution in [0, 0.1) is 3.57 Å². The van der Waals surface area contributed by atoms with Gasteiger partial charge in [-0.15, -0.1) is 11.3 Å². The molecule has 1 aromatic heterocycles. The quantitative estimate of drug-likeness (QED) is 0.443. The van der Waals surface area contributed by atoms with Crippen LogP contribution in [0.25, 0.3) is 0 Å². The van der Waals surface area contributed by atoms with Gasteiger partial charge in [0.15, 0.2) is 0 Å². The molecule has 2 aromatic rings. The molecule has 20 heavy (non-hydrogen) atoms. The summed E-state index contributed by atoms with van der Waals surface area (Å²) >= 11 is 11.4. The molecule has 108 valence electrons. The van der Waals surface area contributed by atoms with Gasteiger partial charge in [0.1, 0.15) is 0 Å². The van der Waals surface area contributed by atoms with Crippen LogP contribution in [0.3, 0.4) is 0 Å². The Bertz CT molecular complexity index is 571. The summed E-state index contributed by atoms with van der Waals surface area (Å²) in [5.41, 5.74) is 1.37. The molecule has 0 amide bonds. The topological polar surface area (TPSA) is 12.0 Å². The van der Waals surface area contributed by atoms with E-state index in [1.807, 2.05) is 11.3 Å². The standard InChI is InChI=1S/C15H16Br2INS/c1-2-7-19-14(9-11-4-6-15(17)20-11)12-8-10(16)3-5-13(12)18/h3-6,8,14,19H,2,7,9H2,1H3. The molecule has 2 rings (SSSR count). The predicted molar refractivity (Wildman–Crippen MR) is 104 cm³/mol. The first-order valence-corrected chi connectivity index (χ1v) is 10.0. The molecule has 0 fully saturated rings. The van der Waals surface area contributed by atoms with Crippen molar-refractivity contribution in [2.75, 3.05) is 6.54 Å². The van der Waals surface area contributed by atoms with Gasteiger partial charge in [-0.3, -0.25) is 0 Å². The van der Waals surface area contributed by atoms with E-state index < -0.39 is 0 Å². The predicted octanol–water partition coefficient (Wildman–Crippen LogP) is 6.16. The minimum absolute atomic E-state index is 0.366. The number of thiophene rings is 1. The second-order valence-electron chi connectivity index (χ2n) is 4.58. The number of nitrogens with one attached hydrogen (secondary N) is 1. The van der Waals surface area contributed by atoms with Gasteiger partial charge in [0.05, 0.1) is 3.79 Å². The fraction of sp³-hybridized carbons (Fsp3) is 0.333. The van der Waals surface area contributed by atoms with Crippen molar-refractivity contribution in [2.24, 2.45) is 0 Å². The highest BCUT2D eigenvalue weighted by Crippen LogP contribution is 2.30. The van der Waals surface area contributed by atoms with Crippen molar-refractivity contribution in [1.82, 2.24) is 5.32 Å². The van der Waals surface area contributed by atoms with Gasteiger partial charge in [-0.1, -0.05) is 22.9 Å². The summed E-state index contributed by atoms with van der Waals surface area (Å²) in [5, 5.41) is 3.68. The van der Waals surface area contributed by atoms with Crippen molar-refractivity contribution in [1.29, 1.82) is 0 Å². The van der Waals surface area contributed by atoms with E-state index in [4.69, 9.17) is 0 Å². The van der Waals surface area contributed by atoms with E-state index in [0.717, 1.165) is 23.9 Å². The molecule has 1 heterocycles. The summed E-state index contributed by atoms with van der Waals surface area (Å²) in [5.74, 6) is 0. The summed E-state index contributed by atoms with van der Waals surface area (Å²) in [6.45, 7) is 3.25. The molecule has 0 radical (unpaired) electrons. The minimum Gasteiger partial charge on any atom is -0.310 e. The fourth-order valence-corrected chi connectivity index (χ4v) is 4.67.